The third-order valence-electron chi connectivity index (χ3n) is 6.02. The summed E-state index contributed by atoms with van der Waals surface area (Å²) in [6.07, 6.45) is 12.2. The molecule has 0 saturated heterocycles. The van der Waals surface area contributed by atoms with E-state index in [-0.39, 0.29) is 5.82 Å². The van der Waals surface area contributed by atoms with Crippen LogP contribution in [0.4, 0.5) is 4.39 Å². The third kappa shape index (κ3) is 3.59. The molecule has 1 aromatic carbocycles. The summed E-state index contributed by atoms with van der Waals surface area (Å²) in [7, 11) is 0. The molecule has 0 radical (unpaired) electrons. The maximum absolute atomic E-state index is 14.8. The van der Waals surface area contributed by atoms with E-state index < -0.39 is 5.60 Å². The molecule has 1 fully saturated rings. The van der Waals surface area contributed by atoms with Crippen LogP contribution in [0, 0.1) is 11.7 Å². The van der Waals surface area contributed by atoms with Crippen LogP contribution in [-0.2, 0) is 18.4 Å². The molecular formula is C22H31FO. The van der Waals surface area contributed by atoms with Gasteiger partial charge >= 0.3 is 0 Å². The van der Waals surface area contributed by atoms with Gasteiger partial charge in [-0.3, -0.25) is 0 Å². The van der Waals surface area contributed by atoms with Crippen molar-refractivity contribution in [3.8, 4) is 0 Å². The molecule has 1 aromatic rings. The maximum Gasteiger partial charge on any atom is 0.129 e. The zero-order chi connectivity index (χ0) is 17.2. The molecule has 2 aliphatic rings. The van der Waals surface area contributed by atoms with Gasteiger partial charge in [0.05, 0.1) is 5.60 Å². The highest BCUT2D eigenvalue weighted by Crippen LogP contribution is 2.42. The summed E-state index contributed by atoms with van der Waals surface area (Å²) in [6, 6.07) is 3.66. The predicted octanol–water partition coefficient (Wildman–Crippen LogP) is 5.83. The van der Waals surface area contributed by atoms with Crippen molar-refractivity contribution in [3.05, 3.63) is 46.3 Å². The number of aliphatic hydroxyl groups is 1. The summed E-state index contributed by atoms with van der Waals surface area (Å²) in [5, 5.41) is 11.1. The first-order chi connectivity index (χ1) is 11.6. The van der Waals surface area contributed by atoms with E-state index in [4.69, 9.17) is 0 Å². The molecule has 2 aliphatic carbocycles. The molecular weight excluding hydrogens is 299 g/mol. The van der Waals surface area contributed by atoms with E-state index in [1.807, 2.05) is 6.07 Å². The van der Waals surface area contributed by atoms with E-state index in [0.717, 1.165) is 44.1 Å². The van der Waals surface area contributed by atoms with Gasteiger partial charge in [0.25, 0.3) is 0 Å². The van der Waals surface area contributed by atoms with Gasteiger partial charge in [0, 0.05) is 5.56 Å². The molecule has 24 heavy (non-hydrogen) atoms. The Balaban J connectivity index is 1.79. The second kappa shape index (κ2) is 7.39. The van der Waals surface area contributed by atoms with Crippen molar-refractivity contribution >= 4 is 0 Å². The van der Waals surface area contributed by atoms with Crippen LogP contribution in [0.5, 0.6) is 0 Å². The van der Waals surface area contributed by atoms with Crippen LogP contribution >= 0.6 is 0 Å². The Morgan fingerprint density at radius 1 is 1.12 bits per heavy atom. The lowest BCUT2D eigenvalue weighted by Crippen LogP contribution is -2.33. The van der Waals surface area contributed by atoms with E-state index >= 15 is 0 Å². The average molecular weight is 330 g/mol. The smallest absolute Gasteiger partial charge is 0.129 e. The van der Waals surface area contributed by atoms with Crippen LogP contribution in [0.15, 0.2) is 23.8 Å². The van der Waals surface area contributed by atoms with Gasteiger partial charge < -0.3 is 5.11 Å². The van der Waals surface area contributed by atoms with Gasteiger partial charge in [-0.25, -0.2) is 4.39 Å². The van der Waals surface area contributed by atoms with Crippen LogP contribution < -0.4 is 0 Å². The predicted molar refractivity (Wildman–Crippen MR) is 97.6 cm³/mol. The lowest BCUT2D eigenvalue weighted by atomic mass is 9.73. The van der Waals surface area contributed by atoms with Crippen LogP contribution in [-0.4, -0.2) is 5.11 Å². The standard InChI is InChI=1S/C22H31FO/c1-3-5-16-9-11-22(24,12-10-16)20-14-18-8-7-17(6-4-2)13-19(18)15-21(20)23/h7,14-16,24H,3-6,8-13H2,1-2H3. The largest absolute Gasteiger partial charge is 0.385 e. The number of halogens is 1. The monoisotopic (exact) mass is 330 g/mol. The van der Waals surface area contributed by atoms with Crippen LogP contribution in [0.2, 0.25) is 0 Å². The number of rotatable bonds is 5. The third-order valence-corrected chi connectivity index (χ3v) is 6.02. The normalized spacial score (nSPS) is 26.8. The first-order valence-electron chi connectivity index (χ1n) is 9.77. The number of fused-ring (bicyclic) bond motifs is 1. The lowest BCUT2D eigenvalue weighted by molar-refractivity contribution is -0.0181. The molecule has 0 aliphatic heterocycles. The lowest BCUT2D eigenvalue weighted by Gasteiger charge is -2.37. The van der Waals surface area contributed by atoms with Crippen LogP contribution in [0.1, 0.15) is 81.9 Å². The highest BCUT2D eigenvalue weighted by Gasteiger charge is 2.37. The Morgan fingerprint density at radius 2 is 1.88 bits per heavy atom. The number of hydrogen-bond donors (Lipinski definition) is 1. The second-order valence-electron chi connectivity index (χ2n) is 7.86. The summed E-state index contributed by atoms with van der Waals surface area (Å²) in [5.41, 5.74) is 3.33. The highest BCUT2D eigenvalue weighted by atomic mass is 19.1. The van der Waals surface area contributed by atoms with Crippen LogP contribution in [0.3, 0.4) is 0 Å². The van der Waals surface area contributed by atoms with Crippen LogP contribution in [0.25, 0.3) is 0 Å². The van der Waals surface area contributed by atoms with Gasteiger partial charge in [-0.2, -0.15) is 0 Å². The zero-order valence-corrected chi connectivity index (χ0v) is 15.2. The Morgan fingerprint density at radius 3 is 2.54 bits per heavy atom. The summed E-state index contributed by atoms with van der Waals surface area (Å²) in [6.45, 7) is 4.40. The molecule has 0 heterocycles. The average Bonchev–Trinajstić information content (AvgIpc) is 2.57. The molecule has 1 saturated carbocycles. The summed E-state index contributed by atoms with van der Waals surface area (Å²) in [5.74, 6) is 0.499. The Kier molecular flexibility index (Phi) is 5.44. The van der Waals surface area contributed by atoms with Crippen molar-refractivity contribution in [2.75, 3.05) is 0 Å². The van der Waals surface area contributed by atoms with Crippen molar-refractivity contribution in [3.63, 3.8) is 0 Å². The minimum atomic E-state index is -0.962. The van der Waals surface area contributed by atoms with E-state index in [0.29, 0.717) is 24.3 Å². The van der Waals surface area contributed by atoms with Crippen molar-refractivity contribution < 1.29 is 9.50 Å². The van der Waals surface area contributed by atoms with E-state index in [9.17, 15) is 9.50 Å². The number of hydrogen-bond acceptors (Lipinski definition) is 1. The molecule has 0 atom stereocenters. The summed E-state index contributed by atoms with van der Waals surface area (Å²) < 4.78 is 14.8. The van der Waals surface area contributed by atoms with Crippen molar-refractivity contribution in [2.24, 2.45) is 5.92 Å². The topological polar surface area (TPSA) is 20.2 Å². The number of benzene rings is 1. The van der Waals surface area contributed by atoms with Gasteiger partial charge in [0.1, 0.15) is 5.82 Å². The fraction of sp³-hybridized carbons (Fsp3) is 0.636. The Hall–Kier alpha value is -1.15. The zero-order valence-electron chi connectivity index (χ0n) is 15.2. The van der Waals surface area contributed by atoms with E-state index in [1.54, 1.807) is 6.07 Å². The van der Waals surface area contributed by atoms with Crippen molar-refractivity contribution in [1.82, 2.24) is 0 Å². The Bertz CT molecular complexity index is 609. The molecule has 0 amide bonds. The van der Waals surface area contributed by atoms with Gasteiger partial charge in [0.2, 0.25) is 0 Å². The quantitative estimate of drug-likeness (QED) is 0.674. The highest BCUT2D eigenvalue weighted by molar-refractivity contribution is 5.42. The SMILES string of the molecule is CCCC1=CCc2cc(C3(O)CCC(CCC)CC3)c(F)cc2C1. The van der Waals surface area contributed by atoms with Crippen molar-refractivity contribution in [1.29, 1.82) is 0 Å². The molecule has 0 unspecified atom stereocenters. The first kappa shape index (κ1) is 17.7. The van der Waals surface area contributed by atoms with E-state index in [1.165, 1.54) is 24.0 Å². The van der Waals surface area contributed by atoms with Crippen molar-refractivity contribution in [2.45, 2.75) is 83.7 Å². The van der Waals surface area contributed by atoms with Gasteiger partial charge in [-0.15, -0.1) is 0 Å². The van der Waals surface area contributed by atoms with Gasteiger partial charge in [-0.1, -0.05) is 44.8 Å². The molecule has 132 valence electrons. The number of allylic oxidation sites excluding steroid dienone is 2. The fourth-order valence-electron chi connectivity index (χ4n) is 4.57. The fourth-order valence-corrected chi connectivity index (χ4v) is 4.57. The Labute approximate surface area is 146 Å². The van der Waals surface area contributed by atoms with Gasteiger partial charge in [-0.05, 0) is 74.1 Å². The molecule has 1 N–H and O–H groups in total. The van der Waals surface area contributed by atoms with Gasteiger partial charge in [0.15, 0.2) is 0 Å². The van der Waals surface area contributed by atoms with E-state index in [2.05, 4.69) is 19.9 Å². The second-order valence-corrected chi connectivity index (χ2v) is 7.86. The maximum atomic E-state index is 14.8. The minimum Gasteiger partial charge on any atom is -0.385 e. The minimum absolute atomic E-state index is 0.206. The molecule has 1 nitrogen and oxygen atoms in total. The molecule has 2 heteroatoms. The summed E-state index contributed by atoms with van der Waals surface area (Å²) >= 11 is 0. The molecule has 0 spiro atoms. The molecule has 3 rings (SSSR count). The summed E-state index contributed by atoms with van der Waals surface area (Å²) in [4.78, 5) is 0. The first-order valence-corrected chi connectivity index (χ1v) is 9.77. The molecule has 0 aromatic heterocycles. The molecule has 0 bridgehead atoms.